The van der Waals surface area contributed by atoms with Crippen molar-refractivity contribution in [2.45, 2.75) is 45.2 Å². The Kier molecular flexibility index (Phi) is 3.51. The van der Waals surface area contributed by atoms with Crippen LogP contribution in [0.3, 0.4) is 0 Å². The van der Waals surface area contributed by atoms with Crippen molar-refractivity contribution in [2.75, 3.05) is 13.1 Å². The van der Waals surface area contributed by atoms with Gasteiger partial charge in [-0.25, -0.2) is 4.39 Å². The summed E-state index contributed by atoms with van der Waals surface area (Å²) in [7, 11) is 0. The number of piperidine rings is 1. The van der Waals surface area contributed by atoms with E-state index in [0.29, 0.717) is 12.3 Å². The van der Waals surface area contributed by atoms with Crippen LogP contribution in [0.4, 0.5) is 4.39 Å². The van der Waals surface area contributed by atoms with E-state index < -0.39 is 5.67 Å². The zero-order valence-electron chi connectivity index (χ0n) is 8.20. The minimum atomic E-state index is -0.941. The van der Waals surface area contributed by atoms with Crippen molar-refractivity contribution in [3.05, 3.63) is 0 Å². The van der Waals surface area contributed by atoms with Crippen LogP contribution in [0.2, 0.25) is 0 Å². The molecule has 1 heterocycles. The molecule has 1 saturated heterocycles. The molecule has 1 N–H and O–H groups in total. The average molecular weight is 173 g/mol. The average Bonchev–Trinajstić information content (AvgIpc) is 2.06. The lowest BCUT2D eigenvalue weighted by Crippen LogP contribution is -2.34. The second-order valence-corrected chi connectivity index (χ2v) is 4.18. The Morgan fingerprint density at radius 3 is 2.83 bits per heavy atom. The first-order valence-electron chi connectivity index (χ1n) is 5.04. The Morgan fingerprint density at radius 2 is 2.33 bits per heavy atom. The zero-order chi connectivity index (χ0) is 9.03. The van der Waals surface area contributed by atoms with E-state index >= 15 is 0 Å². The summed E-state index contributed by atoms with van der Waals surface area (Å²) >= 11 is 0. The molecule has 0 aromatic carbocycles. The molecule has 0 radical (unpaired) electrons. The SMILES string of the molecule is CCC(C)(F)CC1CCCNC1. The van der Waals surface area contributed by atoms with Gasteiger partial charge in [0.05, 0.1) is 0 Å². The first-order valence-corrected chi connectivity index (χ1v) is 5.04. The van der Waals surface area contributed by atoms with Crippen molar-refractivity contribution in [3.8, 4) is 0 Å². The first-order chi connectivity index (χ1) is 5.64. The topological polar surface area (TPSA) is 12.0 Å². The Labute approximate surface area is 74.7 Å². The lowest BCUT2D eigenvalue weighted by atomic mass is 9.87. The van der Waals surface area contributed by atoms with Gasteiger partial charge >= 0.3 is 0 Å². The van der Waals surface area contributed by atoms with Crippen molar-refractivity contribution < 1.29 is 4.39 Å². The fourth-order valence-electron chi connectivity index (χ4n) is 1.84. The number of nitrogens with one attached hydrogen (secondary N) is 1. The number of halogens is 1. The van der Waals surface area contributed by atoms with Gasteiger partial charge in [0, 0.05) is 0 Å². The van der Waals surface area contributed by atoms with E-state index in [-0.39, 0.29) is 0 Å². The molecule has 1 aliphatic rings. The normalized spacial score (nSPS) is 29.8. The monoisotopic (exact) mass is 173 g/mol. The van der Waals surface area contributed by atoms with Crippen molar-refractivity contribution in [3.63, 3.8) is 0 Å². The van der Waals surface area contributed by atoms with Gasteiger partial charge in [-0.15, -0.1) is 0 Å². The number of rotatable bonds is 3. The Bertz CT molecular complexity index is 128. The smallest absolute Gasteiger partial charge is 0.108 e. The van der Waals surface area contributed by atoms with Crippen molar-refractivity contribution >= 4 is 0 Å². The molecular formula is C10H20FN. The molecule has 72 valence electrons. The lowest BCUT2D eigenvalue weighted by Gasteiger charge is -2.28. The predicted molar refractivity (Wildman–Crippen MR) is 50.0 cm³/mol. The van der Waals surface area contributed by atoms with Gasteiger partial charge in [0.25, 0.3) is 0 Å². The fraction of sp³-hybridized carbons (Fsp3) is 1.00. The van der Waals surface area contributed by atoms with Crippen molar-refractivity contribution in [1.82, 2.24) is 5.32 Å². The lowest BCUT2D eigenvalue weighted by molar-refractivity contribution is 0.129. The number of hydrogen-bond acceptors (Lipinski definition) is 1. The molecule has 1 nitrogen and oxygen atoms in total. The van der Waals surface area contributed by atoms with Gasteiger partial charge in [-0.05, 0) is 51.6 Å². The summed E-state index contributed by atoms with van der Waals surface area (Å²) in [4.78, 5) is 0. The van der Waals surface area contributed by atoms with E-state index in [2.05, 4.69) is 5.32 Å². The third-order valence-corrected chi connectivity index (χ3v) is 2.85. The summed E-state index contributed by atoms with van der Waals surface area (Å²) in [5.74, 6) is 0.564. The van der Waals surface area contributed by atoms with Crippen LogP contribution >= 0.6 is 0 Å². The molecule has 12 heavy (non-hydrogen) atoms. The van der Waals surface area contributed by atoms with Gasteiger partial charge in [0.15, 0.2) is 0 Å². The summed E-state index contributed by atoms with van der Waals surface area (Å²) in [6.07, 6.45) is 3.79. The van der Waals surface area contributed by atoms with Crippen LogP contribution in [0.1, 0.15) is 39.5 Å². The molecule has 0 amide bonds. The largest absolute Gasteiger partial charge is 0.316 e. The second kappa shape index (κ2) is 4.22. The third kappa shape index (κ3) is 3.10. The maximum absolute atomic E-state index is 13.6. The molecule has 1 aliphatic heterocycles. The summed E-state index contributed by atoms with van der Waals surface area (Å²) in [6.45, 7) is 5.78. The van der Waals surface area contributed by atoms with E-state index in [9.17, 15) is 4.39 Å². The van der Waals surface area contributed by atoms with Crippen LogP contribution in [0.25, 0.3) is 0 Å². The van der Waals surface area contributed by atoms with Crippen LogP contribution < -0.4 is 5.32 Å². The molecule has 2 heteroatoms. The number of alkyl halides is 1. The van der Waals surface area contributed by atoms with E-state index in [1.165, 1.54) is 12.8 Å². The van der Waals surface area contributed by atoms with E-state index in [4.69, 9.17) is 0 Å². The van der Waals surface area contributed by atoms with Crippen LogP contribution in [-0.4, -0.2) is 18.8 Å². The van der Waals surface area contributed by atoms with Crippen LogP contribution in [0.15, 0.2) is 0 Å². The van der Waals surface area contributed by atoms with Gasteiger partial charge in [0.2, 0.25) is 0 Å². The second-order valence-electron chi connectivity index (χ2n) is 4.18. The van der Waals surface area contributed by atoms with Crippen LogP contribution in [-0.2, 0) is 0 Å². The summed E-state index contributed by atoms with van der Waals surface area (Å²) in [5.41, 5.74) is -0.941. The highest BCUT2D eigenvalue weighted by Crippen LogP contribution is 2.27. The van der Waals surface area contributed by atoms with Crippen LogP contribution in [0, 0.1) is 5.92 Å². The predicted octanol–water partition coefficient (Wildman–Crippen LogP) is 2.51. The minimum Gasteiger partial charge on any atom is -0.316 e. The van der Waals surface area contributed by atoms with Gasteiger partial charge in [-0.1, -0.05) is 6.92 Å². The Morgan fingerprint density at radius 1 is 1.58 bits per heavy atom. The molecule has 2 atom stereocenters. The van der Waals surface area contributed by atoms with Crippen molar-refractivity contribution in [2.24, 2.45) is 5.92 Å². The summed E-state index contributed by atoms with van der Waals surface area (Å²) < 4.78 is 13.6. The van der Waals surface area contributed by atoms with Gasteiger partial charge in [-0.2, -0.15) is 0 Å². The molecular weight excluding hydrogens is 153 g/mol. The van der Waals surface area contributed by atoms with Gasteiger partial charge in [0.1, 0.15) is 5.67 Å². The maximum atomic E-state index is 13.6. The maximum Gasteiger partial charge on any atom is 0.108 e. The third-order valence-electron chi connectivity index (χ3n) is 2.85. The molecule has 1 rings (SSSR count). The molecule has 0 aromatic rings. The quantitative estimate of drug-likeness (QED) is 0.691. The highest BCUT2D eigenvalue weighted by molar-refractivity contribution is 4.79. The number of hydrogen-bond donors (Lipinski definition) is 1. The highest BCUT2D eigenvalue weighted by atomic mass is 19.1. The van der Waals surface area contributed by atoms with Crippen molar-refractivity contribution in [1.29, 1.82) is 0 Å². The first kappa shape index (κ1) is 9.97. The van der Waals surface area contributed by atoms with Crippen LogP contribution in [0.5, 0.6) is 0 Å². The Balaban J connectivity index is 2.28. The molecule has 0 aromatic heterocycles. The zero-order valence-corrected chi connectivity index (χ0v) is 8.20. The standard InChI is InChI=1S/C10H20FN/c1-3-10(2,11)7-9-5-4-6-12-8-9/h9,12H,3-8H2,1-2H3. The molecule has 2 unspecified atom stereocenters. The fourth-order valence-corrected chi connectivity index (χ4v) is 1.84. The molecule has 0 aliphatic carbocycles. The van der Waals surface area contributed by atoms with Gasteiger partial charge in [-0.3, -0.25) is 0 Å². The molecule has 0 saturated carbocycles. The Hall–Kier alpha value is -0.110. The molecule has 1 fully saturated rings. The molecule has 0 spiro atoms. The van der Waals surface area contributed by atoms with E-state index in [1.807, 2.05) is 6.92 Å². The summed E-state index contributed by atoms with van der Waals surface area (Å²) in [6, 6.07) is 0. The van der Waals surface area contributed by atoms with Gasteiger partial charge < -0.3 is 5.32 Å². The molecule has 0 bridgehead atoms. The summed E-state index contributed by atoms with van der Waals surface area (Å²) in [5, 5.41) is 3.31. The van der Waals surface area contributed by atoms with E-state index in [0.717, 1.165) is 19.5 Å². The minimum absolute atomic E-state index is 0.564. The highest BCUT2D eigenvalue weighted by Gasteiger charge is 2.26. The van der Waals surface area contributed by atoms with E-state index in [1.54, 1.807) is 6.92 Å².